The van der Waals surface area contributed by atoms with Gasteiger partial charge in [0.15, 0.2) is 0 Å². The van der Waals surface area contributed by atoms with E-state index in [4.69, 9.17) is 4.74 Å². The summed E-state index contributed by atoms with van der Waals surface area (Å²) in [6.45, 7) is 5.00. The molecule has 21 heavy (non-hydrogen) atoms. The molecule has 2 N–H and O–H groups in total. The molecular formula is C14H20N2O4S. The summed E-state index contributed by atoms with van der Waals surface area (Å²) >= 11 is 1.46. The van der Waals surface area contributed by atoms with Gasteiger partial charge in [-0.1, -0.05) is 0 Å². The minimum atomic E-state index is -0.867. The molecular weight excluding hydrogens is 292 g/mol. The highest BCUT2D eigenvalue weighted by molar-refractivity contribution is 7.11. The number of carbonyl (C=O) groups excluding carboxylic acids is 1. The normalized spacial score (nSPS) is 17.4. The summed E-state index contributed by atoms with van der Waals surface area (Å²) in [5, 5.41) is 12.9. The molecule has 1 amide bonds. The Kier molecular flexibility index (Phi) is 5.30. The van der Waals surface area contributed by atoms with Gasteiger partial charge in [-0.25, -0.2) is 4.98 Å². The quantitative estimate of drug-likeness (QED) is 0.862. The number of aryl methyl sites for hydroxylation is 2. The van der Waals surface area contributed by atoms with Crippen molar-refractivity contribution in [2.24, 2.45) is 11.8 Å². The molecule has 1 saturated heterocycles. The monoisotopic (exact) mass is 312 g/mol. The molecule has 2 rings (SSSR count). The molecule has 1 atom stereocenters. The van der Waals surface area contributed by atoms with Crippen molar-refractivity contribution in [3.8, 4) is 0 Å². The van der Waals surface area contributed by atoms with E-state index < -0.39 is 11.9 Å². The summed E-state index contributed by atoms with van der Waals surface area (Å²) in [5.41, 5.74) is 0.397. The number of hydrogen-bond donors (Lipinski definition) is 2. The van der Waals surface area contributed by atoms with Crippen LogP contribution in [0.25, 0.3) is 0 Å². The summed E-state index contributed by atoms with van der Waals surface area (Å²) in [5.74, 6) is -1.68. The van der Waals surface area contributed by atoms with Gasteiger partial charge in [0, 0.05) is 24.6 Å². The highest BCUT2D eigenvalue weighted by Gasteiger charge is 2.30. The molecule has 1 aliphatic rings. The number of carbonyl (C=O) groups is 2. The Morgan fingerprint density at radius 2 is 2.10 bits per heavy atom. The van der Waals surface area contributed by atoms with Crippen molar-refractivity contribution in [3.05, 3.63) is 15.6 Å². The van der Waals surface area contributed by atoms with E-state index in [1.165, 1.54) is 11.3 Å². The third-order valence-corrected chi connectivity index (χ3v) is 4.64. The summed E-state index contributed by atoms with van der Waals surface area (Å²) < 4.78 is 5.25. The van der Waals surface area contributed by atoms with Crippen molar-refractivity contribution in [3.63, 3.8) is 0 Å². The summed E-state index contributed by atoms with van der Waals surface area (Å²) in [4.78, 5) is 28.6. The topological polar surface area (TPSA) is 88.5 Å². The number of rotatable bonds is 5. The van der Waals surface area contributed by atoms with Crippen molar-refractivity contribution in [1.82, 2.24) is 10.3 Å². The van der Waals surface area contributed by atoms with Crippen molar-refractivity contribution < 1.29 is 19.4 Å². The SMILES string of the molecule is Cc1nc(C(=O)NCC(C(=O)O)C2CCOCC2)c(C)s1. The van der Waals surface area contributed by atoms with Gasteiger partial charge in [-0.3, -0.25) is 9.59 Å². The van der Waals surface area contributed by atoms with E-state index >= 15 is 0 Å². The smallest absolute Gasteiger partial charge is 0.308 e. The molecule has 1 aromatic rings. The second kappa shape index (κ2) is 7.00. The number of hydrogen-bond acceptors (Lipinski definition) is 5. The maximum Gasteiger partial charge on any atom is 0.308 e. The molecule has 0 bridgehead atoms. The van der Waals surface area contributed by atoms with Crippen LogP contribution in [0.2, 0.25) is 0 Å². The maximum atomic E-state index is 12.1. The summed E-state index contributed by atoms with van der Waals surface area (Å²) in [6.07, 6.45) is 1.45. The third kappa shape index (κ3) is 4.01. The first kappa shape index (κ1) is 15.9. The van der Waals surface area contributed by atoms with Crippen molar-refractivity contribution in [2.75, 3.05) is 19.8 Å². The van der Waals surface area contributed by atoms with E-state index in [0.29, 0.717) is 18.9 Å². The largest absolute Gasteiger partial charge is 0.481 e. The van der Waals surface area contributed by atoms with Crippen LogP contribution in [-0.4, -0.2) is 41.7 Å². The average Bonchev–Trinajstić information content (AvgIpc) is 2.78. The Bertz CT molecular complexity index is 523. The molecule has 116 valence electrons. The summed E-state index contributed by atoms with van der Waals surface area (Å²) in [6, 6.07) is 0. The summed E-state index contributed by atoms with van der Waals surface area (Å²) in [7, 11) is 0. The Balaban J connectivity index is 1.96. The van der Waals surface area contributed by atoms with Gasteiger partial charge in [0.2, 0.25) is 0 Å². The first-order valence-corrected chi connectivity index (χ1v) is 7.83. The molecule has 0 aromatic carbocycles. The number of aromatic nitrogens is 1. The second-order valence-electron chi connectivity index (χ2n) is 5.24. The van der Waals surface area contributed by atoms with Crippen LogP contribution in [0.4, 0.5) is 0 Å². The predicted molar refractivity (Wildman–Crippen MR) is 78.6 cm³/mol. The minimum Gasteiger partial charge on any atom is -0.481 e. The van der Waals surface area contributed by atoms with E-state index in [9.17, 15) is 14.7 Å². The molecule has 6 nitrogen and oxygen atoms in total. The third-order valence-electron chi connectivity index (χ3n) is 3.75. The molecule has 2 heterocycles. The Morgan fingerprint density at radius 3 is 2.62 bits per heavy atom. The van der Waals surface area contributed by atoms with Gasteiger partial charge in [-0.15, -0.1) is 11.3 Å². The Morgan fingerprint density at radius 1 is 1.43 bits per heavy atom. The zero-order valence-electron chi connectivity index (χ0n) is 12.2. The molecule has 1 aromatic heterocycles. The van der Waals surface area contributed by atoms with Gasteiger partial charge < -0.3 is 15.2 Å². The fraction of sp³-hybridized carbons (Fsp3) is 0.643. The van der Waals surface area contributed by atoms with Crippen LogP contribution in [0, 0.1) is 25.7 Å². The highest BCUT2D eigenvalue weighted by atomic mass is 32.1. The van der Waals surface area contributed by atoms with E-state index in [1.807, 2.05) is 13.8 Å². The van der Waals surface area contributed by atoms with Gasteiger partial charge in [0.1, 0.15) is 5.69 Å². The van der Waals surface area contributed by atoms with Gasteiger partial charge in [-0.2, -0.15) is 0 Å². The number of ether oxygens (including phenoxy) is 1. The Labute approximate surface area is 127 Å². The molecule has 7 heteroatoms. The number of thiazole rings is 1. The van der Waals surface area contributed by atoms with Crippen LogP contribution >= 0.6 is 11.3 Å². The zero-order valence-corrected chi connectivity index (χ0v) is 13.0. The fourth-order valence-corrected chi connectivity index (χ4v) is 3.41. The maximum absolute atomic E-state index is 12.1. The van der Waals surface area contributed by atoms with Crippen LogP contribution in [0.1, 0.15) is 33.2 Å². The molecule has 0 aliphatic carbocycles. The number of nitrogens with zero attached hydrogens (tertiary/aromatic N) is 1. The standard InChI is InChI=1S/C14H20N2O4S/c1-8-12(16-9(2)21-8)13(17)15-7-11(14(18)19)10-3-5-20-6-4-10/h10-11H,3-7H2,1-2H3,(H,15,17)(H,18,19). The predicted octanol–water partition coefficient (Wildman–Crippen LogP) is 1.62. The highest BCUT2D eigenvalue weighted by Crippen LogP contribution is 2.24. The number of carboxylic acids is 1. The molecule has 1 fully saturated rings. The zero-order chi connectivity index (χ0) is 15.4. The molecule has 1 unspecified atom stereocenters. The number of carboxylic acid groups (broad SMARTS) is 1. The lowest BCUT2D eigenvalue weighted by Crippen LogP contribution is -2.39. The van der Waals surface area contributed by atoms with Gasteiger partial charge in [-0.05, 0) is 32.6 Å². The lowest BCUT2D eigenvalue weighted by molar-refractivity contribution is -0.144. The first-order valence-electron chi connectivity index (χ1n) is 7.01. The van der Waals surface area contributed by atoms with Gasteiger partial charge in [0.05, 0.1) is 10.9 Å². The van der Waals surface area contributed by atoms with E-state index in [1.54, 1.807) is 0 Å². The van der Waals surface area contributed by atoms with Gasteiger partial charge in [0.25, 0.3) is 5.91 Å². The van der Waals surface area contributed by atoms with E-state index in [2.05, 4.69) is 10.3 Å². The van der Waals surface area contributed by atoms with Crippen molar-refractivity contribution in [2.45, 2.75) is 26.7 Å². The van der Waals surface area contributed by atoms with Crippen LogP contribution in [0.5, 0.6) is 0 Å². The number of aliphatic carboxylic acids is 1. The van der Waals surface area contributed by atoms with E-state index in [-0.39, 0.29) is 18.4 Å². The lowest BCUT2D eigenvalue weighted by Gasteiger charge is -2.27. The number of nitrogens with one attached hydrogen (secondary N) is 1. The Hall–Kier alpha value is -1.47. The molecule has 0 spiro atoms. The average molecular weight is 312 g/mol. The van der Waals surface area contributed by atoms with E-state index in [0.717, 1.165) is 22.7 Å². The molecule has 0 saturated carbocycles. The van der Waals surface area contributed by atoms with Crippen LogP contribution < -0.4 is 5.32 Å². The lowest BCUT2D eigenvalue weighted by atomic mass is 9.86. The first-order chi connectivity index (χ1) is 9.99. The van der Waals surface area contributed by atoms with Crippen LogP contribution in [0.3, 0.4) is 0 Å². The van der Waals surface area contributed by atoms with Crippen molar-refractivity contribution in [1.29, 1.82) is 0 Å². The van der Waals surface area contributed by atoms with Gasteiger partial charge >= 0.3 is 5.97 Å². The molecule has 1 aliphatic heterocycles. The van der Waals surface area contributed by atoms with Crippen LogP contribution in [-0.2, 0) is 9.53 Å². The van der Waals surface area contributed by atoms with Crippen molar-refractivity contribution >= 4 is 23.2 Å². The second-order valence-corrected chi connectivity index (χ2v) is 6.65. The number of amides is 1. The van der Waals surface area contributed by atoms with Crippen LogP contribution in [0.15, 0.2) is 0 Å². The minimum absolute atomic E-state index is 0.0508. The molecule has 0 radical (unpaired) electrons. The fourth-order valence-electron chi connectivity index (χ4n) is 2.60.